The van der Waals surface area contributed by atoms with E-state index < -0.39 is 0 Å². The Hall–Kier alpha value is -9.16. The van der Waals surface area contributed by atoms with Crippen molar-refractivity contribution in [1.29, 1.82) is 21.0 Å². The molecule has 0 radical (unpaired) electrons. The highest BCUT2D eigenvalue weighted by Gasteiger charge is 2.34. The zero-order valence-electron chi connectivity index (χ0n) is 27.7. The molecule has 5 aromatic rings. The van der Waals surface area contributed by atoms with E-state index in [1.165, 1.54) is 12.4 Å². The Morgan fingerprint density at radius 1 is 0.556 bits per heavy atom. The molecular formula is C44H16N10. The van der Waals surface area contributed by atoms with Gasteiger partial charge in [-0.1, -0.05) is 42.5 Å². The number of benzene rings is 3. The number of nitriles is 4. The van der Waals surface area contributed by atoms with Gasteiger partial charge in [0.15, 0.2) is 5.69 Å². The van der Waals surface area contributed by atoms with Gasteiger partial charge in [-0.05, 0) is 87.0 Å². The Bertz CT molecular complexity index is 2790. The molecule has 242 valence electrons. The SMILES string of the molecule is [C-]#[N+]C1=C(c2cccc(C3=C(C#N)c4cc([N+]#[C-])ccc4C3=C(C#N)c3ccc([N+]#[C-])cn3)c2)/C(=C(\[N+]#[C-])c2ccc(C#N)cn2)c2ccc(C#N)cc21. The van der Waals surface area contributed by atoms with Crippen molar-refractivity contribution < 1.29 is 0 Å². The topological polar surface area (TPSA) is 138 Å². The van der Waals surface area contributed by atoms with E-state index in [1.54, 1.807) is 84.9 Å². The third-order valence-electron chi connectivity index (χ3n) is 8.97. The molecule has 0 fully saturated rings. The van der Waals surface area contributed by atoms with Crippen molar-refractivity contribution in [3.8, 4) is 24.3 Å². The molecule has 7 rings (SSSR count). The van der Waals surface area contributed by atoms with Crippen LogP contribution in [0.1, 0.15) is 55.9 Å². The minimum Gasteiger partial charge on any atom is -0.267 e. The van der Waals surface area contributed by atoms with E-state index in [2.05, 4.69) is 47.6 Å². The van der Waals surface area contributed by atoms with Crippen LogP contribution in [0.25, 0.3) is 64.2 Å². The van der Waals surface area contributed by atoms with Crippen LogP contribution in [0.4, 0.5) is 11.4 Å². The summed E-state index contributed by atoms with van der Waals surface area (Å²) in [4.78, 5) is 23.6. The zero-order chi connectivity index (χ0) is 37.9. The predicted molar refractivity (Wildman–Crippen MR) is 201 cm³/mol. The average Bonchev–Trinajstić information content (AvgIpc) is 3.73. The second-order valence-corrected chi connectivity index (χ2v) is 11.7. The van der Waals surface area contributed by atoms with Crippen LogP contribution in [-0.4, -0.2) is 9.97 Å². The van der Waals surface area contributed by atoms with E-state index in [4.69, 9.17) is 26.3 Å². The normalized spacial score (nSPS) is 14.1. The Balaban J connectivity index is 1.54. The molecule has 0 N–H and O–H groups in total. The van der Waals surface area contributed by atoms with Crippen molar-refractivity contribution in [2.45, 2.75) is 0 Å². The number of aromatic nitrogens is 2. The summed E-state index contributed by atoms with van der Waals surface area (Å²) in [5.41, 5.74) is 7.18. The van der Waals surface area contributed by atoms with Gasteiger partial charge >= 0.3 is 0 Å². The molecule has 0 spiro atoms. The summed E-state index contributed by atoms with van der Waals surface area (Å²) in [6.45, 7) is 31.6. The molecule has 10 nitrogen and oxygen atoms in total. The Morgan fingerprint density at radius 2 is 1.22 bits per heavy atom. The zero-order valence-corrected chi connectivity index (χ0v) is 27.7. The van der Waals surface area contributed by atoms with Crippen molar-refractivity contribution in [1.82, 2.24) is 9.97 Å². The van der Waals surface area contributed by atoms with Gasteiger partial charge in [-0.2, -0.15) is 21.0 Å². The third-order valence-corrected chi connectivity index (χ3v) is 8.97. The fourth-order valence-electron chi connectivity index (χ4n) is 6.66. The van der Waals surface area contributed by atoms with Crippen molar-refractivity contribution >= 4 is 56.2 Å². The van der Waals surface area contributed by atoms with Crippen LogP contribution in [0.3, 0.4) is 0 Å². The monoisotopic (exact) mass is 684 g/mol. The van der Waals surface area contributed by atoms with Crippen LogP contribution >= 0.6 is 0 Å². The lowest BCUT2D eigenvalue weighted by Crippen LogP contribution is -1.97. The Labute approximate surface area is 309 Å². The smallest absolute Gasteiger partial charge is 0.219 e. The van der Waals surface area contributed by atoms with Gasteiger partial charge in [0, 0.05) is 23.5 Å². The highest BCUT2D eigenvalue weighted by atomic mass is 14.8. The molecule has 2 heterocycles. The lowest BCUT2D eigenvalue weighted by atomic mass is 9.88. The van der Waals surface area contributed by atoms with Gasteiger partial charge in [0.25, 0.3) is 0 Å². The van der Waals surface area contributed by atoms with Gasteiger partial charge in [0.1, 0.15) is 18.2 Å². The van der Waals surface area contributed by atoms with E-state index >= 15 is 0 Å². The molecule has 0 aliphatic heterocycles. The molecule has 0 atom stereocenters. The number of pyridine rings is 2. The second-order valence-electron chi connectivity index (χ2n) is 11.7. The lowest BCUT2D eigenvalue weighted by molar-refractivity contribution is 1.26. The van der Waals surface area contributed by atoms with Crippen molar-refractivity contribution in [3.63, 3.8) is 0 Å². The van der Waals surface area contributed by atoms with Crippen molar-refractivity contribution in [2.24, 2.45) is 0 Å². The summed E-state index contributed by atoms with van der Waals surface area (Å²) in [5, 5.41) is 40.4. The van der Waals surface area contributed by atoms with Crippen LogP contribution < -0.4 is 0 Å². The Kier molecular flexibility index (Phi) is 8.41. The first kappa shape index (κ1) is 33.3. The summed E-state index contributed by atoms with van der Waals surface area (Å²) in [7, 11) is 0. The van der Waals surface area contributed by atoms with Crippen molar-refractivity contribution in [2.75, 3.05) is 0 Å². The van der Waals surface area contributed by atoms with Gasteiger partial charge in [0.05, 0.1) is 66.0 Å². The van der Waals surface area contributed by atoms with Crippen LogP contribution in [0.15, 0.2) is 97.3 Å². The van der Waals surface area contributed by atoms with Gasteiger partial charge in [-0.15, -0.1) is 0 Å². The number of allylic oxidation sites excluding steroid dienone is 6. The summed E-state index contributed by atoms with van der Waals surface area (Å²) < 4.78 is 0. The van der Waals surface area contributed by atoms with Crippen LogP contribution in [-0.2, 0) is 0 Å². The number of nitrogens with zero attached hydrogens (tertiary/aromatic N) is 10. The largest absolute Gasteiger partial charge is 0.267 e. The fourth-order valence-corrected chi connectivity index (χ4v) is 6.66. The first-order valence-electron chi connectivity index (χ1n) is 15.8. The van der Waals surface area contributed by atoms with Gasteiger partial charge in [-0.3, -0.25) is 9.97 Å². The quantitative estimate of drug-likeness (QED) is 0.136. The lowest BCUT2D eigenvalue weighted by Gasteiger charge is -2.15. The molecule has 0 saturated heterocycles. The van der Waals surface area contributed by atoms with Gasteiger partial charge in [-0.25, -0.2) is 19.4 Å². The fraction of sp³-hybridized carbons (Fsp3) is 0. The molecule has 0 bridgehead atoms. The molecule has 3 aromatic carbocycles. The maximum atomic E-state index is 10.7. The maximum absolute atomic E-state index is 10.7. The second kappa shape index (κ2) is 13.6. The first-order chi connectivity index (χ1) is 26.4. The molecular weight excluding hydrogens is 669 g/mol. The highest BCUT2D eigenvalue weighted by molar-refractivity contribution is 6.32. The number of fused-ring (bicyclic) bond motifs is 2. The standard InChI is InChI=1S/C44H16N10/c1-49-29-10-13-31-33(18-29)35(21-47)39(41(31)36(22-48)37-15-11-30(50-2)24-54-37)27-6-5-7-28(17-27)40-42(44(52-4)38-14-9-26(20-46)23-53-38)32-12-8-25(19-45)16-34(32)43(40)51-3/h5-18,23-24H/b41-36?,44-42-. The first-order valence-corrected chi connectivity index (χ1v) is 15.8. The van der Waals surface area contributed by atoms with Crippen LogP contribution in [0.2, 0.25) is 0 Å². The molecule has 0 unspecified atom stereocenters. The summed E-state index contributed by atoms with van der Waals surface area (Å²) in [6, 6.07) is 31.9. The molecule has 2 aliphatic carbocycles. The highest BCUT2D eigenvalue weighted by Crippen LogP contribution is 2.53. The number of hydrogen-bond acceptors (Lipinski definition) is 6. The van der Waals surface area contributed by atoms with E-state index in [0.717, 1.165) is 0 Å². The van der Waals surface area contributed by atoms with E-state index in [1.807, 2.05) is 6.07 Å². The van der Waals surface area contributed by atoms with Gasteiger partial charge in [0.2, 0.25) is 17.1 Å². The molecule has 0 amide bonds. The summed E-state index contributed by atoms with van der Waals surface area (Å²) in [5.74, 6) is 0. The molecule has 2 aliphatic rings. The van der Waals surface area contributed by atoms with Gasteiger partial charge < -0.3 is 0 Å². The van der Waals surface area contributed by atoms with Crippen LogP contribution in [0, 0.1) is 71.6 Å². The van der Waals surface area contributed by atoms with E-state index in [-0.39, 0.29) is 39.6 Å². The van der Waals surface area contributed by atoms with Crippen LogP contribution in [0.5, 0.6) is 0 Å². The maximum Gasteiger partial charge on any atom is 0.219 e. The molecule has 54 heavy (non-hydrogen) atoms. The predicted octanol–water partition coefficient (Wildman–Crippen LogP) is 9.79. The average molecular weight is 685 g/mol. The third kappa shape index (κ3) is 5.31. The number of rotatable bonds is 4. The number of hydrogen-bond donors (Lipinski definition) is 0. The Morgan fingerprint density at radius 3 is 1.83 bits per heavy atom. The minimum absolute atomic E-state index is 0.127. The molecule has 0 saturated carbocycles. The molecule has 2 aromatic heterocycles. The van der Waals surface area contributed by atoms with E-state index in [9.17, 15) is 21.0 Å². The molecule has 10 heteroatoms. The summed E-state index contributed by atoms with van der Waals surface area (Å²) >= 11 is 0. The minimum atomic E-state index is 0.127. The van der Waals surface area contributed by atoms with Crippen molar-refractivity contribution in [3.05, 3.63) is 199 Å². The van der Waals surface area contributed by atoms with E-state index in [0.29, 0.717) is 72.5 Å². The summed E-state index contributed by atoms with van der Waals surface area (Å²) in [6.07, 6.45) is 2.74.